The zero-order valence-corrected chi connectivity index (χ0v) is 11.2. The molecule has 0 aliphatic carbocycles. The molecule has 3 aromatic rings. The molecule has 0 atom stereocenters. The smallest absolute Gasteiger partial charge is 0.153 e. The molecule has 4 nitrogen and oxygen atoms in total. The maximum atomic E-state index is 13.8. The average molecular weight is 286 g/mol. The molecule has 2 N–H and O–H groups in total. The van der Waals surface area contributed by atoms with Crippen molar-refractivity contribution < 1.29 is 8.78 Å². The van der Waals surface area contributed by atoms with E-state index in [-0.39, 0.29) is 11.3 Å². The number of hydrogen-bond acceptors (Lipinski definition) is 3. The van der Waals surface area contributed by atoms with E-state index in [1.807, 2.05) is 19.1 Å². The number of halogens is 2. The van der Waals surface area contributed by atoms with Crippen LogP contribution in [0.2, 0.25) is 0 Å². The quantitative estimate of drug-likeness (QED) is 0.787. The Morgan fingerprint density at radius 3 is 2.67 bits per heavy atom. The second-order valence-electron chi connectivity index (χ2n) is 4.69. The number of nitrogen functional groups attached to an aromatic ring is 1. The zero-order chi connectivity index (χ0) is 15.0. The number of rotatable bonds is 2. The van der Waals surface area contributed by atoms with Gasteiger partial charge in [-0.2, -0.15) is 5.10 Å². The van der Waals surface area contributed by atoms with Gasteiger partial charge in [0.1, 0.15) is 17.3 Å². The molecule has 0 saturated heterocycles. The van der Waals surface area contributed by atoms with Crippen LogP contribution in [0.5, 0.6) is 0 Å². The molecular weight excluding hydrogens is 274 g/mol. The van der Waals surface area contributed by atoms with E-state index in [1.165, 1.54) is 16.8 Å². The lowest BCUT2D eigenvalue weighted by Crippen LogP contribution is -1.98. The van der Waals surface area contributed by atoms with Crippen LogP contribution in [-0.2, 0) is 0 Å². The number of nitrogens with zero attached hydrogens (tertiary/aromatic N) is 3. The van der Waals surface area contributed by atoms with Crippen molar-refractivity contribution in [3.8, 4) is 17.1 Å². The summed E-state index contributed by atoms with van der Waals surface area (Å²) < 4.78 is 28.3. The Balaban J connectivity index is 2.10. The summed E-state index contributed by atoms with van der Waals surface area (Å²) in [5.74, 6) is -0.769. The molecule has 0 saturated carbocycles. The van der Waals surface area contributed by atoms with Crippen LogP contribution < -0.4 is 5.73 Å². The third-order valence-electron chi connectivity index (χ3n) is 3.06. The first kappa shape index (κ1) is 13.2. The summed E-state index contributed by atoms with van der Waals surface area (Å²) in [6.07, 6.45) is 3.21. The Kier molecular flexibility index (Phi) is 3.13. The van der Waals surface area contributed by atoms with Gasteiger partial charge in [0.2, 0.25) is 0 Å². The predicted molar refractivity (Wildman–Crippen MR) is 75.9 cm³/mol. The van der Waals surface area contributed by atoms with Gasteiger partial charge in [0.15, 0.2) is 5.82 Å². The molecule has 2 aromatic heterocycles. The van der Waals surface area contributed by atoms with Crippen LogP contribution in [-0.4, -0.2) is 14.8 Å². The Morgan fingerprint density at radius 1 is 1.14 bits per heavy atom. The summed E-state index contributed by atoms with van der Waals surface area (Å²) in [4.78, 5) is 4.19. The molecule has 6 heteroatoms. The van der Waals surface area contributed by atoms with Gasteiger partial charge in [-0.1, -0.05) is 0 Å². The van der Waals surface area contributed by atoms with Crippen molar-refractivity contribution in [2.45, 2.75) is 6.92 Å². The normalized spacial score (nSPS) is 10.8. The van der Waals surface area contributed by atoms with Gasteiger partial charge in [-0.3, -0.25) is 0 Å². The van der Waals surface area contributed by atoms with E-state index in [1.54, 1.807) is 12.4 Å². The van der Waals surface area contributed by atoms with Gasteiger partial charge in [0, 0.05) is 17.8 Å². The Bertz CT molecular complexity index is 811. The lowest BCUT2D eigenvalue weighted by atomic mass is 10.1. The van der Waals surface area contributed by atoms with Gasteiger partial charge in [-0.05, 0) is 36.8 Å². The molecule has 21 heavy (non-hydrogen) atoms. The molecule has 106 valence electrons. The maximum absolute atomic E-state index is 13.8. The van der Waals surface area contributed by atoms with Gasteiger partial charge in [-0.25, -0.2) is 18.4 Å². The number of nitrogens with two attached hydrogens (primary N) is 1. The van der Waals surface area contributed by atoms with Crippen LogP contribution >= 0.6 is 0 Å². The van der Waals surface area contributed by atoms with Gasteiger partial charge >= 0.3 is 0 Å². The first-order valence-electron chi connectivity index (χ1n) is 6.28. The number of anilines is 1. The third kappa shape index (κ3) is 2.47. The van der Waals surface area contributed by atoms with Crippen molar-refractivity contribution in [3.05, 3.63) is 59.9 Å². The molecule has 0 amide bonds. The van der Waals surface area contributed by atoms with Gasteiger partial charge in [-0.15, -0.1) is 0 Å². The van der Waals surface area contributed by atoms with Gasteiger partial charge in [0.25, 0.3) is 0 Å². The van der Waals surface area contributed by atoms with Gasteiger partial charge in [0.05, 0.1) is 11.9 Å². The van der Waals surface area contributed by atoms with E-state index >= 15 is 0 Å². The van der Waals surface area contributed by atoms with Gasteiger partial charge < -0.3 is 5.73 Å². The second kappa shape index (κ2) is 4.97. The highest BCUT2D eigenvalue weighted by atomic mass is 19.1. The standard InChI is InChI=1S/C15H12F2N4/c1-9-4-5-19-14(6-9)21-8-13(18)15(20-21)11-3-2-10(16)7-12(11)17/h2-8H,18H2,1H3. The highest BCUT2D eigenvalue weighted by Crippen LogP contribution is 2.27. The molecule has 0 aliphatic heterocycles. The molecule has 0 aliphatic rings. The third-order valence-corrected chi connectivity index (χ3v) is 3.06. The number of pyridine rings is 1. The summed E-state index contributed by atoms with van der Waals surface area (Å²) in [6.45, 7) is 1.93. The monoisotopic (exact) mass is 286 g/mol. The number of aromatic nitrogens is 3. The van der Waals surface area contributed by atoms with Crippen molar-refractivity contribution in [2.24, 2.45) is 0 Å². The van der Waals surface area contributed by atoms with Crippen molar-refractivity contribution >= 4 is 5.69 Å². The van der Waals surface area contributed by atoms with Crippen LogP contribution in [0.4, 0.5) is 14.5 Å². The molecule has 0 fully saturated rings. The fraction of sp³-hybridized carbons (Fsp3) is 0.0667. The second-order valence-corrected chi connectivity index (χ2v) is 4.69. The first-order chi connectivity index (χ1) is 10.0. The molecule has 0 radical (unpaired) electrons. The van der Waals surface area contributed by atoms with Crippen LogP contribution in [0.25, 0.3) is 17.1 Å². The number of benzene rings is 1. The number of hydrogen-bond donors (Lipinski definition) is 1. The summed E-state index contributed by atoms with van der Waals surface area (Å²) in [7, 11) is 0. The van der Waals surface area contributed by atoms with Crippen LogP contribution in [0.15, 0.2) is 42.7 Å². The lowest BCUT2D eigenvalue weighted by molar-refractivity contribution is 0.585. The lowest BCUT2D eigenvalue weighted by Gasteiger charge is -2.02. The average Bonchev–Trinajstić information content (AvgIpc) is 2.81. The highest BCUT2D eigenvalue weighted by molar-refractivity contribution is 5.72. The van der Waals surface area contributed by atoms with Crippen molar-refractivity contribution in [1.82, 2.24) is 14.8 Å². The molecule has 2 heterocycles. The van der Waals surface area contributed by atoms with E-state index in [4.69, 9.17) is 5.73 Å². The topological polar surface area (TPSA) is 56.7 Å². The summed E-state index contributed by atoms with van der Waals surface area (Å²) in [6, 6.07) is 6.98. The molecular formula is C15H12F2N4. The minimum Gasteiger partial charge on any atom is -0.396 e. The largest absolute Gasteiger partial charge is 0.396 e. The molecule has 3 rings (SSSR count). The fourth-order valence-corrected chi connectivity index (χ4v) is 2.04. The molecule has 1 aromatic carbocycles. The maximum Gasteiger partial charge on any atom is 0.153 e. The summed E-state index contributed by atoms with van der Waals surface area (Å²) in [5, 5.41) is 4.25. The SMILES string of the molecule is Cc1ccnc(-n2cc(N)c(-c3ccc(F)cc3F)n2)c1. The zero-order valence-electron chi connectivity index (χ0n) is 11.2. The molecule has 0 unspecified atom stereocenters. The predicted octanol–water partition coefficient (Wildman–Crippen LogP) is 3.10. The van der Waals surface area contributed by atoms with E-state index in [0.29, 0.717) is 11.5 Å². The van der Waals surface area contributed by atoms with Crippen molar-refractivity contribution in [1.29, 1.82) is 0 Å². The molecule has 0 spiro atoms. The van der Waals surface area contributed by atoms with E-state index < -0.39 is 11.6 Å². The molecule has 0 bridgehead atoms. The number of aryl methyl sites for hydroxylation is 1. The highest BCUT2D eigenvalue weighted by Gasteiger charge is 2.14. The van der Waals surface area contributed by atoms with Crippen LogP contribution in [0.1, 0.15) is 5.56 Å². The van der Waals surface area contributed by atoms with E-state index in [9.17, 15) is 8.78 Å². The van der Waals surface area contributed by atoms with Crippen molar-refractivity contribution in [3.63, 3.8) is 0 Å². The fourth-order valence-electron chi connectivity index (χ4n) is 2.04. The van der Waals surface area contributed by atoms with Crippen LogP contribution in [0, 0.1) is 18.6 Å². The Hall–Kier alpha value is -2.76. The van der Waals surface area contributed by atoms with E-state index in [0.717, 1.165) is 11.6 Å². The van der Waals surface area contributed by atoms with E-state index in [2.05, 4.69) is 10.1 Å². The minimum atomic E-state index is -0.704. The Morgan fingerprint density at radius 2 is 1.95 bits per heavy atom. The summed E-state index contributed by atoms with van der Waals surface area (Å²) >= 11 is 0. The summed E-state index contributed by atoms with van der Waals surface area (Å²) in [5.41, 5.74) is 7.61. The Labute approximate surface area is 119 Å². The minimum absolute atomic E-state index is 0.153. The first-order valence-corrected chi connectivity index (χ1v) is 6.28. The van der Waals surface area contributed by atoms with Crippen molar-refractivity contribution in [2.75, 3.05) is 5.73 Å². The van der Waals surface area contributed by atoms with Crippen LogP contribution in [0.3, 0.4) is 0 Å².